The summed E-state index contributed by atoms with van der Waals surface area (Å²) in [7, 11) is 1.66. The van der Waals surface area contributed by atoms with Gasteiger partial charge in [0.25, 0.3) is 0 Å². The summed E-state index contributed by atoms with van der Waals surface area (Å²) >= 11 is 1.69. The fourth-order valence-corrected chi connectivity index (χ4v) is 3.13. The molecule has 114 valence electrons. The fraction of sp³-hybridized carbons (Fsp3) is 0.438. The second kappa shape index (κ2) is 7.41. The van der Waals surface area contributed by atoms with E-state index in [2.05, 4.69) is 35.9 Å². The average Bonchev–Trinajstić information content (AvgIpc) is 2.96. The topological polar surface area (TPSA) is 53.1 Å². The highest BCUT2D eigenvalue weighted by molar-refractivity contribution is 7.98. The number of hydrogen-bond donors (Lipinski definition) is 1. The van der Waals surface area contributed by atoms with Crippen LogP contribution in [-0.4, -0.2) is 16.9 Å². The largest absolute Gasteiger partial charge is 0.497 e. The standard InChI is InChI=1S/C16H23N3OS/c1-4-13(5-2)19-9-8-12(18-19)11-21-16-10-14(20-3)6-7-15(16)17/h6-10,13H,4-5,11,17H2,1-3H3. The Labute approximate surface area is 130 Å². The molecule has 2 rings (SSSR count). The second-order valence-corrected chi connectivity index (χ2v) is 5.97. The molecule has 1 aromatic carbocycles. The molecule has 0 radical (unpaired) electrons. The molecular weight excluding hydrogens is 282 g/mol. The van der Waals surface area contributed by atoms with Gasteiger partial charge in [0.05, 0.1) is 18.8 Å². The smallest absolute Gasteiger partial charge is 0.120 e. The monoisotopic (exact) mass is 305 g/mol. The van der Waals surface area contributed by atoms with Crippen LogP contribution in [-0.2, 0) is 5.75 Å². The maximum absolute atomic E-state index is 6.00. The molecular formula is C16H23N3OS. The van der Waals surface area contributed by atoms with Crippen LogP contribution in [0.4, 0.5) is 5.69 Å². The molecule has 0 unspecified atom stereocenters. The van der Waals surface area contributed by atoms with Gasteiger partial charge in [0, 0.05) is 22.5 Å². The SMILES string of the molecule is CCC(CC)n1ccc(CSc2cc(OC)ccc2N)n1. The van der Waals surface area contributed by atoms with E-state index in [4.69, 9.17) is 10.5 Å². The number of nitrogen functional groups attached to an aromatic ring is 1. The van der Waals surface area contributed by atoms with Crippen LogP contribution in [0.1, 0.15) is 38.4 Å². The Balaban J connectivity index is 2.03. The number of methoxy groups -OCH3 is 1. The maximum atomic E-state index is 6.00. The van der Waals surface area contributed by atoms with E-state index in [9.17, 15) is 0 Å². The molecule has 0 spiro atoms. The van der Waals surface area contributed by atoms with Gasteiger partial charge >= 0.3 is 0 Å². The highest BCUT2D eigenvalue weighted by Crippen LogP contribution is 2.31. The number of ether oxygens (including phenoxy) is 1. The van der Waals surface area contributed by atoms with Crippen LogP contribution in [0, 0.1) is 0 Å². The first-order valence-corrected chi connectivity index (χ1v) is 8.26. The Kier molecular flexibility index (Phi) is 5.56. The molecule has 4 nitrogen and oxygen atoms in total. The van der Waals surface area contributed by atoms with Gasteiger partial charge in [-0.1, -0.05) is 13.8 Å². The number of thioether (sulfide) groups is 1. The Morgan fingerprint density at radius 2 is 2.05 bits per heavy atom. The first-order chi connectivity index (χ1) is 10.2. The molecule has 0 aliphatic heterocycles. The molecule has 5 heteroatoms. The van der Waals surface area contributed by atoms with Crippen LogP contribution in [0.5, 0.6) is 5.75 Å². The van der Waals surface area contributed by atoms with Crippen LogP contribution < -0.4 is 10.5 Å². The zero-order valence-electron chi connectivity index (χ0n) is 12.9. The summed E-state index contributed by atoms with van der Waals surface area (Å²) in [4.78, 5) is 1.03. The van der Waals surface area contributed by atoms with E-state index < -0.39 is 0 Å². The van der Waals surface area contributed by atoms with E-state index in [0.29, 0.717) is 6.04 Å². The molecule has 0 saturated carbocycles. The molecule has 2 N–H and O–H groups in total. The van der Waals surface area contributed by atoms with Crippen LogP contribution in [0.15, 0.2) is 35.4 Å². The van der Waals surface area contributed by atoms with Crippen LogP contribution in [0.3, 0.4) is 0 Å². The number of hydrogen-bond acceptors (Lipinski definition) is 4. The van der Waals surface area contributed by atoms with Crippen LogP contribution in [0.25, 0.3) is 0 Å². The molecule has 0 fully saturated rings. The minimum atomic E-state index is 0.491. The molecule has 0 aliphatic rings. The first-order valence-electron chi connectivity index (χ1n) is 7.28. The van der Waals surface area contributed by atoms with Gasteiger partial charge in [0.1, 0.15) is 5.75 Å². The van der Waals surface area contributed by atoms with E-state index in [1.54, 1.807) is 18.9 Å². The summed E-state index contributed by atoms with van der Waals surface area (Å²) in [6.07, 6.45) is 4.28. The van der Waals surface area contributed by atoms with Crippen molar-refractivity contribution in [2.45, 2.75) is 43.4 Å². The molecule has 1 aromatic heterocycles. The van der Waals surface area contributed by atoms with Gasteiger partial charge in [0.2, 0.25) is 0 Å². The quantitative estimate of drug-likeness (QED) is 0.617. The zero-order valence-corrected chi connectivity index (χ0v) is 13.7. The van der Waals surface area contributed by atoms with Crippen molar-refractivity contribution in [2.75, 3.05) is 12.8 Å². The van der Waals surface area contributed by atoms with Gasteiger partial charge in [0.15, 0.2) is 0 Å². The van der Waals surface area contributed by atoms with Crippen LogP contribution >= 0.6 is 11.8 Å². The number of rotatable bonds is 7. The Bertz CT molecular complexity index is 579. The van der Waals surface area contributed by atoms with Crippen molar-refractivity contribution in [1.29, 1.82) is 0 Å². The summed E-state index contributed by atoms with van der Waals surface area (Å²) < 4.78 is 7.31. The van der Waals surface area contributed by atoms with Crippen molar-refractivity contribution in [1.82, 2.24) is 9.78 Å². The molecule has 0 atom stereocenters. The lowest BCUT2D eigenvalue weighted by molar-refractivity contribution is 0.414. The van der Waals surface area contributed by atoms with Gasteiger partial charge < -0.3 is 10.5 Å². The molecule has 1 heterocycles. The predicted molar refractivity (Wildman–Crippen MR) is 88.8 cm³/mol. The fourth-order valence-electron chi connectivity index (χ4n) is 2.24. The van der Waals surface area contributed by atoms with Gasteiger partial charge in [-0.25, -0.2) is 0 Å². The van der Waals surface area contributed by atoms with Gasteiger partial charge in [-0.3, -0.25) is 4.68 Å². The highest BCUT2D eigenvalue weighted by atomic mass is 32.2. The van der Waals surface area contributed by atoms with Crippen molar-refractivity contribution in [3.05, 3.63) is 36.2 Å². The summed E-state index contributed by atoms with van der Waals surface area (Å²) in [5.74, 6) is 1.64. The van der Waals surface area contributed by atoms with Crippen molar-refractivity contribution >= 4 is 17.4 Å². The van der Waals surface area contributed by atoms with E-state index in [0.717, 1.165) is 40.6 Å². The van der Waals surface area contributed by atoms with E-state index in [1.165, 1.54) is 0 Å². The third kappa shape index (κ3) is 3.94. The lowest BCUT2D eigenvalue weighted by Gasteiger charge is -2.12. The third-order valence-corrected chi connectivity index (χ3v) is 4.68. The second-order valence-electron chi connectivity index (χ2n) is 4.95. The average molecular weight is 305 g/mol. The normalized spacial score (nSPS) is 11.0. The molecule has 0 saturated heterocycles. The van der Waals surface area contributed by atoms with Crippen molar-refractivity contribution in [2.24, 2.45) is 0 Å². The van der Waals surface area contributed by atoms with E-state index in [-0.39, 0.29) is 0 Å². The maximum Gasteiger partial charge on any atom is 0.120 e. The first kappa shape index (κ1) is 15.8. The number of nitrogens with two attached hydrogens (primary N) is 1. The van der Waals surface area contributed by atoms with Crippen LogP contribution in [0.2, 0.25) is 0 Å². The van der Waals surface area contributed by atoms with Gasteiger partial charge in [-0.2, -0.15) is 5.10 Å². The number of aromatic nitrogens is 2. The minimum Gasteiger partial charge on any atom is -0.497 e. The molecule has 0 amide bonds. The summed E-state index contributed by atoms with van der Waals surface area (Å²) in [6, 6.07) is 8.30. The number of nitrogens with zero attached hydrogens (tertiary/aromatic N) is 2. The summed E-state index contributed by atoms with van der Waals surface area (Å²) in [5.41, 5.74) is 7.86. The number of anilines is 1. The molecule has 21 heavy (non-hydrogen) atoms. The Hall–Kier alpha value is -1.62. The molecule has 0 aliphatic carbocycles. The summed E-state index contributed by atoms with van der Waals surface area (Å²) in [5, 5.41) is 4.66. The molecule has 2 aromatic rings. The van der Waals surface area contributed by atoms with Gasteiger partial charge in [-0.15, -0.1) is 11.8 Å². The Morgan fingerprint density at radius 3 is 2.71 bits per heavy atom. The van der Waals surface area contributed by atoms with E-state index >= 15 is 0 Å². The van der Waals surface area contributed by atoms with Gasteiger partial charge in [-0.05, 0) is 37.1 Å². The van der Waals surface area contributed by atoms with Crippen molar-refractivity contribution < 1.29 is 4.74 Å². The lowest BCUT2D eigenvalue weighted by Crippen LogP contribution is -2.07. The van der Waals surface area contributed by atoms with Crippen molar-refractivity contribution in [3.63, 3.8) is 0 Å². The Morgan fingerprint density at radius 1 is 1.29 bits per heavy atom. The molecule has 0 bridgehead atoms. The number of benzene rings is 1. The minimum absolute atomic E-state index is 0.491. The zero-order chi connectivity index (χ0) is 15.2. The van der Waals surface area contributed by atoms with E-state index in [1.807, 2.05) is 18.2 Å². The third-order valence-electron chi connectivity index (χ3n) is 3.58. The predicted octanol–water partition coefficient (Wildman–Crippen LogP) is 4.13. The lowest BCUT2D eigenvalue weighted by atomic mass is 10.2. The van der Waals surface area contributed by atoms with Crippen molar-refractivity contribution in [3.8, 4) is 5.75 Å². The summed E-state index contributed by atoms with van der Waals surface area (Å²) in [6.45, 7) is 4.39. The highest BCUT2D eigenvalue weighted by Gasteiger charge is 2.09.